The molecule has 0 bridgehead atoms. The molecule has 3 rings (SSSR count). The molecule has 0 aliphatic carbocycles. The molecule has 0 fully saturated rings. The normalized spacial score (nSPS) is 11.1. The van der Waals surface area contributed by atoms with Crippen LogP contribution in [0.2, 0.25) is 0 Å². The highest BCUT2D eigenvalue weighted by Gasteiger charge is 2.35. The average molecular weight is 438 g/mol. The molecular weight excluding hydrogens is 425 g/mol. The van der Waals surface area contributed by atoms with Gasteiger partial charge in [0.1, 0.15) is 0 Å². The van der Waals surface area contributed by atoms with Crippen molar-refractivity contribution in [2.24, 2.45) is 0 Å². The first kappa shape index (κ1) is 20.8. The zero-order chi connectivity index (χ0) is 20.9. The Morgan fingerprint density at radius 1 is 0.966 bits per heavy atom. The van der Waals surface area contributed by atoms with Crippen LogP contribution in [0.4, 0.5) is 24.0 Å². The van der Waals surface area contributed by atoms with Gasteiger partial charge in [-0.15, -0.1) is 10.2 Å². The number of halogens is 3. The van der Waals surface area contributed by atoms with Crippen LogP contribution in [0.5, 0.6) is 0 Å². The number of rotatable bonds is 6. The van der Waals surface area contributed by atoms with Crippen molar-refractivity contribution in [3.05, 3.63) is 65.7 Å². The highest BCUT2D eigenvalue weighted by Crippen LogP contribution is 2.32. The summed E-state index contributed by atoms with van der Waals surface area (Å²) in [5, 5.41) is 12.6. The lowest BCUT2D eigenvalue weighted by Gasteiger charge is -2.11. The number of carbonyl (C=O) groups excluding carboxylic acids is 2. The molecule has 0 radical (unpaired) electrons. The number of anilines is 2. The minimum Gasteiger partial charge on any atom is -0.325 e. The Balaban J connectivity index is 1.58. The number of hydrogen-bond donors (Lipinski definition) is 2. The van der Waals surface area contributed by atoms with Gasteiger partial charge in [0.25, 0.3) is 5.91 Å². The topological polar surface area (TPSA) is 84.0 Å². The Morgan fingerprint density at radius 2 is 1.66 bits per heavy atom. The molecule has 2 aromatic carbocycles. The van der Waals surface area contributed by atoms with Crippen molar-refractivity contribution in [2.45, 2.75) is 10.5 Å². The van der Waals surface area contributed by atoms with E-state index in [2.05, 4.69) is 20.8 Å². The summed E-state index contributed by atoms with van der Waals surface area (Å²) in [7, 11) is 0. The summed E-state index contributed by atoms with van der Waals surface area (Å²) >= 11 is 2.07. The number of carbonyl (C=O) groups is 2. The molecule has 2 amide bonds. The molecule has 0 aliphatic heterocycles. The standard InChI is InChI=1S/C18H13F3N4O2S2/c19-18(20,21)13-9-5-4-8-12(13)15(27)23-16-24-25-17(29-16)28-10-14(26)22-11-6-2-1-3-7-11/h1-9H,10H2,(H,22,26)(H,23,24,27). The molecule has 1 aromatic heterocycles. The molecule has 0 saturated heterocycles. The molecule has 0 spiro atoms. The summed E-state index contributed by atoms with van der Waals surface area (Å²) in [6, 6.07) is 13.4. The summed E-state index contributed by atoms with van der Waals surface area (Å²) in [5.41, 5.74) is -0.882. The molecule has 0 saturated carbocycles. The molecule has 3 aromatic rings. The Hall–Kier alpha value is -2.92. The van der Waals surface area contributed by atoms with E-state index in [0.29, 0.717) is 10.0 Å². The molecular formula is C18H13F3N4O2S2. The summed E-state index contributed by atoms with van der Waals surface area (Å²) < 4.78 is 39.5. The van der Waals surface area contributed by atoms with Crippen molar-refractivity contribution in [1.29, 1.82) is 0 Å². The van der Waals surface area contributed by atoms with E-state index >= 15 is 0 Å². The molecule has 0 atom stereocenters. The molecule has 0 aliphatic rings. The quantitative estimate of drug-likeness (QED) is 0.436. The van der Waals surface area contributed by atoms with Gasteiger partial charge in [-0.25, -0.2) is 0 Å². The largest absolute Gasteiger partial charge is 0.417 e. The lowest BCUT2D eigenvalue weighted by atomic mass is 10.1. The van der Waals surface area contributed by atoms with Crippen molar-refractivity contribution in [1.82, 2.24) is 10.2 Å². The number of nitrogens with zero attached hydrogens (tertiary/aromatic N) is 2. The fourth-order valence-electron chi connectivity index (χ4n) is 2.26. The van der Waals surface area contributed by atoms with E-state index in [1.807, 2.05) is 6.07 Å². The summed E-state index contributed by atoms with van der Waals surface area (Å²) in [5.74, 6) is -1.12. The van der Waals surface area contributed by atoms with Crippen LogP contribution in [0.25, 0.3) is 0 Å². The second kappa shape index (κ2) is 9.05. The van der Waals surface area contributed by atoms with Crippen LogP contribution in [-0.2, 0) is 11.0 Å². The molecule has 150 valence electrons. The van der Waals surface area contributed by atoms with Crippen molar-refractivity contribution < 1.29 is 22.8 Å². The van der Waals surface area contributed by atoms with Crippen LogP contribution in [-0.4, -0.2) is 27.8 Å². The maximum Gasteiger partial charge on any atom is 0.417 e. The zero-order valence-electron chi connectivity index (χ0n) is 14.6. The van der Waals surface area contributed by atoms with Crippen molar-refractivity contribution in [3.8, 4) is 0 Å². The fourth-order valence-corrected chi connectivity index (χ4v) is 3.80. The van der Waals surface area contributed by atoms with Crippen LogP contribution < -0.4 is 10.6 Å². The number of amides is 2. The number of para-hydroxylation sites is 1. The van der Waals surface area contributed by atoms with E-state index in [9.17, 15) is 22.8 Å². The summed E-state index contributed by atoms with van der Waals surface area (Å²) in [4.78, 5) is 24.2. The van der Waals surface area contributed by atoms with Gasteiger partial charge >= 0.3 is 6.18 Å². The minimum absolute atomic E-state index is 0.0398. The Labute approximate surface area is 171 Å². The van der Waals surface area contributed by atoms with E-state index < -0.39 is 23.2 Å². The van der Waals surface area contributed by atoms with Crippen molar-refractivity contribution >= 4 is 45.7 Å². The Kier molecular flexibility index (Phi) is 6.49. The first-order chi connectivity index (χ1) is 13.8. The highest BCUT2D eigenvalue weighted by atomic mass is 32.2. The van der Waals surface area contributed by atoms with Crippen molar-refractivity contribution in [2.75, 3.05) is 16.4 Å². The smallest absolute Gasteiger partial charge is 0.325 e. The number of alkyl halides is 3. The summed E-state index contributed by atoms with van der Waals surface area (Å²) in [6.07, 6.45) is -4.65. The summed E-state index contributed by atoms with van der Waals surface area (Å²) in [6.45, 7) is 0. The first-order valence-corrected chi connectivity index (χ1v) is 9.92. The predicted octanol–water partition coefficient (Wildman–Crippen LogP) is 4.54. The maximum atomic E-state index is 13.0. The van der Waals surface area contributed by atoms with Gasteiger partial charge < -0.3 is 5.32 Å². The van der Waals surface area contributed by atoms with Gasteiger partial charge in [0, 0.05) is 5.69 Å². The third-order valence-corrected chi connectivity index (χ3v) is 5.46. The number of benzene rings is 2. The van der Waals surface area contributed by atoms with Crippen LogP contribution in [0.3, 0.4) is 0 Å². The third-order valence-electron chi connectivity index (χ3n) is 3.49. The molecule has 2 N–H and O–H groups in total. The molecule has 0 unspecified atom stereocenters. The van der Waals surface area contributed by atoms with E-state index in [-0.39, 0.29) is 16.8 Å². The van der Waals surface area contributed by atoms with Crippen LogP contribution in [0, 0.1) is 0 Å². The SMILES string of the molecule is O=C(CSc1nnc(NC(=O)c2ccccc2C(F)(F)F)s1)Nc1ccccc1. The predicted molar refractivity (Wildman–Crippen MR) is 105 cm³/mol. The van der Waals surface area contributed by atoms with Crippen LogP contribution in [0.15, 0.2) is 58.9 Å². The van der Waals surface area contributed by atoms with E-state index in [1.165, 1.54) is 12.1 Å². The highest BCUT2D eigenvalue weighted by molar-refractivity contribution is 8.01. The maximum absolute atomic E-state index is 13.0. The average Bonchev–Trinajstić information content (AvgIpc) is 3.14. The molecule has 29 heavy (non-hydrogen) atoms. The van der Waals surface area contributed by atoms with Gasteiger partial charge in [-0.2, -0.15) is 13.2 Å². The number of aromatic nitrogens is 2. The Bertz CT molecular complexity index is 1010. The monoisotopic (exact) mass is 438 g/mol. The molecule has 11 heteroatoms. The number of nitrogens with one attached hydrogen (secondary N) is 2. The number of thioether (sulfide) groups is 1. The van der Waals surface area contributed by atoms with Gasteiger partial charge in [0.05, 0.1) is 16.9 Å². The second-order valence-corrected chi connectivity index (χ2v) is 7.77. The van der Waals surface area contributed by atoms with E-state index in [1.54, 1.807) is 24.3 Å². The van der Waals surface area contributed by atoms with E-state index in [4.69, 9.17) is 0 Å². The lowest BCUT2D eigenvalue weighted by Crippen LogP contribution is -2.18. The minimum atomic E-state index is -4.65. The lowest BCUT2D eigenvalue weighted by molar-refractivity contribution is -0.137. The third kappa shape index (κ3) is 5.78. The first-order valence-electron chi connectivity index (χ1n) is 8.12. The van der Waals surface area contributed by atoms with Gasteiger partial charge in [-0.3, -0.25) is 14.9 Å². The van der Waals surface area contributed by atoms with Gasteiger partial charge in [-0.05, 0) is 24.3 Å². The Morgan fingerprint density at radius 3 is 2.38 bits per heavy atom. The van der Waals surface area contributed by atoms with E-state index in [0.717, 1.165) is 35.2 Å². The van der Waals surface area contributed by atoms with Crippen molar-refractivity contribution in [3.63, 3.8) is 0 Å². The fraction of sp³-hybridized carbons (Fsp3) is 0.111. The van der Waals surface area contributed by atoms with Gasteiger partial charge in [0.15, 0.2) is 4.34 Å². The zero-order valence-corrected chi connectivity index (χ0v) is 16.2. The van der Waals surface area contributed by atoms with Crippen LogP contribution >= 0.6 is 23.1 Å². The second-order valence-electron chi connectivity index (χ2n) is 5.57. The van der Waals surface area contributed by atoms with Gasteiger partial charge in [-0.1, -0.05) is 53.4 Å². The molecule has 1 heterocycles. The molecule has 6 nitrogen and oxygen atoms in total. The number of hydrogen-bond acceptors (Lipinski definition) is 6. The van der Waals surface area contributed by atoms with Crippen LogP contribution in [0.1, 0.15) is 15.9 Å². The van der Waals surface area contributed by atoms with Gasteiger partial charge in [0.2, 0.25) is 11.0 Å².